The number of rotatable bonds is 5. The molecule has 1 aromatic heterocycles. The summed E-state index contributed by atoms with van der Waals surface area (Å²) < 4.78 is 12.8. The average Bonchev–Trinajstić information content (AvgIpc) is 3.03. The summed E-state index contributed by atoms with van der Waals surface area (Å²) in [6.45, 7) is 6.50. The number of nitrogens with one attached hydrogen (secondary N) is 1. The van der Waals surface area contributed by atoms with E-state index in [1.165, 1.54) is 7.11 Å². The van der Waals surface area contributed by atoms with E-state index in [9.17, 15) is 14.7 Å². The first-order valence-corrected chi connectivity index (χ1v) is 12.2. The van der Waals surface area contributed by atoms with E-state index in [2.05, 4.69) is 5.32 Å². The highest BCUT2D eigenvalue weighted by atomic mass is 16.6. The number of benzene rings is 2. The zero-order valence-electron chi connectivity index (χ0n) is 21.2. The number of carbonyl (C=O) groups excluding carboxylic acids is 2. The molecule has 2 heterocycles. The topological polar surface area (TPSA) is 106 Å². The van der Waals surface area contributed by atoms with Crippen molar-refractivity contribution >= 4 is 29.0 Å². The number of anilines is 1. The second-order valence-electron chi connectivity index (χ2n) is 10.0. The van der Waals surface area contributed by atoms with Crippen LogP contribution in [0.3, 0.4) is 0 Å². The highest BCUT2D eigenvalue weighted by molar-refractivity contribution is 6.04. The Bertz CT molecular complexity index is 1220. The van der Waals surface area contributed by atoms with Crippen molar-refractivity contribution in [3.05, 3.63) is 59.7 Å². The fourth-order valence-corrected chi connectivity index (χ4v) is 4.53. The van der Waals surface area contributed by atoms with Crippen molar-refractivity contribution in [2.45, 2.75) is 58.0 Å². The molecule has 1 aliphatic rings. The van der Waals surface area contributed by atoms with Crippen molar-refractivity contribution in [1.82, 2.24) is 14.5 Å². The molecule has 9 nitrogen and oxygen atoms in total. The monoisotopic (exact) mass is 494 g/mol. The van der Waals surface area contributed by atoms with Gasteiger partial charge in [0.1, 0.15) is 5.60 Å². The maximum absolute atomic E-state index is 13.1. The lowest BCUT2D eigenvalue weighted by Crippen LogP contribution is -2.39. The Morgan fingerprint density at radius 1 is 1.11 bits per heavy atom. The summed E-state index contributed by atoms with van der Waals surface area (Å²) in [5, 5.41) is 13.6. The summed E-state index contributed by atoms with van der Waals surface area (Å²) in [5.74, 6) is 0.0595. The standard InChI is InChI=1S/C27H34N4O5/c1-27(2,3)36-26(34)30-16-9-8-13-19(17-30)31-22-20(24(33)35-4)14-10-15-21(22)28-25(31)29-23(32)18-11-6-5-7-12-18/h5-7,10-12,14-15,19,24,33H,8-9,13,16-17H2,1-4H3,(H,28,29,32). The number of hydrogen-bond donors (Lipinski definition) is 2. The molecule has 9 heteroatoms. The Hall–Kier alpha value is -3.43. The van der Waals surface area contributed by atoms with Crippen LogP contribution >= 0.6 is 0 Å². The molecule has 2 unspecified atom stereocenters. The quantitative estimate of drug-likeness (QED) is 0.490. The Morgan fingerprint density at radius 3 is 2.56 bits per heavy atom. The van der Waals surface area contributed by atoms with Crippen molar-refractivity contribution in [1.29, 1.82) is 0 Å². The lowest BCUT2D eigenvalue weighted by molar-refractivity contribution is -0.0761. The van der Waals surface area contributed by atoms with E-state index in [-0.39, 0.29) is 18.0 Å². The normalized spacial score (nSPS) is 17.5. The molecule has 0 spiro atoms. The Balaban J connectivity index is 1.78. The number of imidazole rings is 1. The first kappa shape index (κ1) is 25.7. The number of amides is 2. The van der Waals surface area contributed by atoms with Crippen LogP contribution in [0, 0.1) is 0 Å². The van der Waals surface area contributed by atoms with Crippen LogP contribution in [0.5, 0.6) is 0 Å². The first-order valence-electron chi connectivity index (χ1n) is 12.2. The van der Waals surface area contributed by atoms with Crippen molar-refractivity contribution in [2.24, 2.45) is 0 Å². The summed E-state index contributed by atoms with van der Waals surface area (Å²) in [4.78, 5) is 32.5. The number of aliphatic hydroxyl groups is 1. The number of nitrogens with zero attached hydrogens (tertiary/aromatic N) is 3. The Labute approximate surface area is 211 Å². The van der Waals surface area contributed by atoms with Crippen LogP contribution in [0.2, 0.25) is 0 Å². The fraction of sp³-hybridized carbons (Fsp3) is 0.444. The van der Waals surface area contributed by atoms with Crippen LogP contribution in [-0.2, 0) is 9.47 Å². The van der Waals surface area contributed by atoms with E-state index >= 15 is 0 Å². The number of methoxy groups -OCH3 is 1. The number of para-hydroxylation sites is 1. The highest BCUT2D eigenvalue weighted by Crippen LogP contribution is 2.34. The number of aromatic nitrogens is 2. The van der Waals surface area contributed by atoms with Crippen LogP contribution in [0.4, 0.5) is 10.7 Å². The SMILES string of the molecule is COC(O)c1cccc2nc(NC(=O)c3ccccc3)n(C3CCCCN(C(=O)OC(C)(C)C)C3)c12. The third-order valence-corrected chi connectivity index (χ3v) is 6.16. The zero-order valence-corrected chi connectivity index (χ0v) is 21.2. The average molecular weight is 495 g/mol. The van der Waals surface area contributed by atoms with Gasteiger partial charge in [-0.25, -0.2) is 9.78 Å². The summed E-state index contributed by atoms with van der Waals surface area (Å²) >= 11 is 0. The number of aliphatic hydroxyl groups excluding tert-OH is 1. The van der Waals surface area contributed by atoms with Gasteiger partial charge in [-0.1, -0.05) is 30.3 Å². The van der Waals surface area contributed by atoms with Gasteiger partial charge in [0.15, 0.2) is 6.29 Å². The molecule has 1 fully saturated rings. The Kier molecular flexibility index (Phi) is 7.61. The van der Waals surface area contributed by atoms with E-state index in [0.717, 1.165) is 19.3 Å². The molecule has 0 radical (unpaired) electrons. The van der Waals surface area contributed by atoms with Crippen molar-refractivity contribution in [3.63, 3.8) is 0 Å². The minimum Gasteiger partial charge on any atom is -0.444 e. The van der Waals surface area contributed by atoms with Crippen molar-refractivity contribution in [3.8, 4) is 0 Å². The first-order chi connectivity index (χ1) is 17.2. The molecule has 0 saturated carbocycles. The lowest BCUT2D eigenvalue weighted by Gasteiger charge is -2.29. The van der Waals surface area contributed by atoms with Crippen LogP contribution in [0.15, 0.2) is 48.5 Å². The van der Waals surface area contributed by atoms with Gasteiger partial charge in [-0.05, 0) is 58.2 Å². The molecule has 2 N–H and O–H groups in total. The molecule has 0 bridgehead atoms. The molecule has 1 aliphatic heterocycles. The molecule has 36 heavy (non-hydrogen) atoms. The van der Waals surface area contributed by atoms with E-state index < -0.39 is 11.9 Å². The van der Waals surface area contributed by atoms with Crippen LogP contribution in [0.1, 0.15) is 68.3 Å². The third kappa shape index (κ3) is 5.68. The summed E-state index contributed by atoms with van der Waals surface area (Å²) in [5.41, 5.74) is 1.71. The molecule has 3 aromatic rings. The third-order valence-electron chi connectivity index (χ3n) is 6.16. The van der Waals surface area contributed by atoms with E-state index in [4.69, 9.17) is 14.5 Å². The van der Waals surface area contributed by atoms with Gasteiger partial charge in [0.05, 0.1) is 17.1 Å². The molecule has 0 aliphatic carbocycles. The second-order valence-corrected chi connectivity index (χ2v) is 10.0. The van der Waals surface area contributed by atoms with E-state index in [0.29, 0.717) is 41.2 Å². The molecule has 2 atom stereocenters. The van der Waals surface area contributed by atoms with Gasteiger partial charge in [-0.3, -0.25) is 10.1 Å². The predicted octanol–water partition coefficient (Wildman–Crippen LogP) is 4.89. The number of ether oxygens (including phenoxy) is 2. The molecular formula is C27H34N4O5. The second kappa shape index (κ2) is 10.7. The molecule has 4 rings (SSSR count). The van der Waals surface area contributed by atoms with E-state index in [1.807, 2.05) is 37.5 Å². The molecular weight excluding hydrogens is 460 g/mol. The lowest BCUT2D eigenvalue weighted by atomic mass is 10.1. The van der Waals surface area contributed by atoms with Gasteiger partial charge >= 0.3 is 6.09 Å². The van der Waals surface area contributed by atoms with E-state index in [1.54, 1.807) is 41.3 Å². The number of carbonyl (C=O) groups is 2. The van der Waals surface area contributed by atoms with Gasteiger partial charge in [0, 0.05) is 31.3 Å². The number of fused-ring (bicyclic) bond motifs is 1. The highest BCUT2D eigenvalue weighted by Gasteiger charge is 2.31. The van der Waals surface area contributed by atoms with Crippen LogP contribution in [-0.4, -0.2) is 57.4 Å². The smallest absolute Gasteiger partial charge is 0.410 e. The number of likely N-dealkylation sites (tertiary alicyclic amines) is 1. The molecule has 2 aromatic carbocycles. The van der Waals surface area contributed by atoms with Gasteiger partial charge in [0.2, 0.25) is 5.95 Å². The van der Waals surface area contributed by atoms with Gasteiger partial charge in [-0.15, -0.1) is 0 Å². The van der Waals surface area contributed by atoms with Crippen molar-refractivity contribution < 1.29 is 24.2 Å². The molecule has 1 saturated heterocycles. The predicted molar refractivity (Wildman–Crippen MR) is 137 cm³/mol. The fourth-order valence-electron chi connectivity index (χ4n) is 4.53. The minimum atomic E-state index is -1.17. The van der Waals surface area contributed by atoms with Gasteiger partial charge in [-0.2, -0.15) is 0 Å². The minimum absolute atomic E-state index is 0.207. The summed E-state index contributed by atoms with van der Waals surface area (Å²) in [6.07, 6.45) is 0.934. The van der Waals surface area contributed by atoms with Crippen LogP contribution in [0.25, 0.3) is 11.0 Å². The van der Waals surface area contributed by atoms with Gasteiger partial charge < -0.3 is 24.0 Å². The molecule has 192 valence electrons. The van der Waals surface area contributed by atoms with Crippen LogP contribution < -0.4 is 5.32 Å². The maximum atomic E-state index is 13.1. The summed E-state index contributed by atoms with van der Waals surface area (Å²) in [7, 11) is 1.43. The Morgan fingerprint density at radius 2 is 1.86 bits per heavy atom. The van der Waals surface area contributed by atoms with Gasteiger partial charge in [0.25, 0.3) is 5.91 Å². The summed E-state index contributed by atoms with van der Waals surface area (Å²) in [6, 6.07) is 14.1. The zero-order chi connectivity index (χ0) is 25.9. The number of hydrogen-bond acceptors (Lipinski definition) is 6. The maximum Gasteiger partial charge on any atom is 0.410 e. The van der Waals surface area contributed by atoms with Crippen molar-refractivity contribution in [2.75, 3.05) is 25.5 Å². The molecule has 2 amide bonds. The largest absolute Gasteiger partial charge is 0.444 e.